The Morgan fingerprint density at radius 1 is 1.00 bits per heavy atom. The standard InChI is InChI=1S/C28H31NO5S/c1-5-20-11-14-23(15-12-20)35(32,33)29(18-21-9-7-6-8-10-21)26-24-17-22(19(2)30)13-16-25(24)34-28(3,4)27(26)31/h6-17,26-27,31H,5,18H2,1-4H3/t26-,27+/m1/s1. The Hall–Kier alpha value is -3.00. The second kappa shape index (κ2) is 9.57. The number of hydrogen-bond donors (Lipinski definition) is 1. The third-order valence-corrected chi connectivity index (χ3v) is 8.39. The van der Waals surface area contributed by atoms with Gasteiger partial charge in [0.15, 0.2) is 5.78 Å². The van der Waals surface area contributed by atoms with E-state index in [1.807, 2.05) is 37.3 Å². The molecule has 1 heterocycles. The zero-order valence-corrected chi connectivity index (χ0v) is 21.2. The Morgan fingerprint density at radius 3 is 2.26 bits per heavy atom. The van der Waals surface area contributed by atoms with Gasteiger partial charge in [-0.2, -0.15) is 4.31 Å². The average molecular weight is 494 g/mol. The van der Waals surface area contributed by atoms with Gasteiger partial charge < -0.3 is 9.84 Å². The van der Waals surface area contributed by atoms with Crippen LogP contribution in [0.25, 0.3) is 0 Å². The number of fused-ring (bicyclic) bond motifs is 1. The van der Waals surface area contributed by atoms with E-state index in [-0.39, 0.29) is 17.2 Å². The highest BCUT2D eigenvalue weighted by atomic mass is 32.2. The van der Waals surface area contributed by atoms with Crippen molar-refractivity contribution >= 4 is 15.8 Å². The highest BCUT2D eigenvalue weighted by Gasteiger charge is 2.49. The number of nitrogens with zero attached hydrogens (tertiary/aromatic N) is 1. The van der Waals surface area contributed by atoms with Crippen molar-refractivity contribution in [3.8, 4) is 5.75 Å². The van der Waals surface area contributed by atoms with Crippen LogP contribution in [0.15, 0.2) is 77.7 Å². The summed E-state index contributed by atoms with van der Waals surface area (Å²) in [7, 11) is -4.05. The number of carbonyl (C=O) groups is 1. The van der Waals surface area contributed by atoms with Crippen molar-refractivity contribution in [2.75, 3.05) is 0 Å². The van der Waals surface area contributed by atoms with Crippen LogP contribution in [0.2, 0.25) is 0 Å². The molecule has 0 saturated heterocycles. The lowest BCUT2D eigenvalue weighted by molar-refractivity contribution is -0.0802. The molecule has 6 nitrogen and oxygen atoms in total. The quantitative estimate of drug-likeness (QED) is 0.473. The van der Waals surface area contributed by atoms with Crippen LogP contribution in [0.1, 0.15) is 60.8 Å². The average Bonchev–Trinajstić information content (AvgIpc) is 2.84. The van der Waals surface area contributed by atoms with Crippen LogP contribution in [0.4, 0.5) is 0 Å². The van der Waals surface area contributed by atoms with Gasteiger partial charge in [-0.05, 0) is 68.7 Å². The molecule has 0 aromatic heterocycles. The molecule has 0 spiro atoms. The van der Waals surface area contributed by atoms with Gasteiger partial charge in [0.1, 0.15) is 17.5 Å². The number of aryl methyl sites for hydroxylation is 1. The van der Waals surface area contributed by atoms with Gasteiger partial charge in [0.05, 0.1) is 10.9 Å². The highest BCUT2D eigenvalue weighted by molar-refractivity contribution is 7.89. The summed E-state index contributed by atoms with van der Waals surface area (Å²) in [5.41, 5.74) is 1.64. The first-order valence-electron chi connectivity index (χ1n) is 11.7. The zero-order valence-electron chi connectivity index (χ0n) is 20.4. The molecule has 0 amide bonds. The maximum atomic E-state index is 14.1. The second-order valence-corrected chi connectivity index (χ2v) is 11.3. The minimum absolute atomic E-state index is 0.0419. The van der Waals surface area contributed by atoms with Gasteiger partial charge in [-0.25, -0.2) is 8.42 Å². The summed E-state index contributed by atoms with van der Waals surface area (Å²) >= 11 is 0. The van der Waals surface area contributed by atoms with Crippen molar-refractivity contribution in [2.45, 2.75) is 63.3 Å². The predicted molar refractivity (Wildman–Crippen MR) is 135 cm³/mol. The summed E-state index contributed by atoms with van der Waals surface area (Å²) in [6.07, 6.45) is -0.395. The van der Waals surface area contributed by atoms with Gasteiger partial charge in [-0.1, -0.05) is 49.4 Å². The molecule has 1 N–H and O–H groups in total. The number of rotatable bonds is 7. The largest absolute Gasteiger partial charge is 0.485 e. The first kappa shape index (κ1) is 25.1. The van der Waals surface area contributed by atoms with Gasteiger partial charge >= 0.3 is 0 Å². The van der Waals surface area contributed by atoms with Crippen LogP contribution >= 0.6 is 0 Å². The number of aliphatic hydroxyl groups excluding tert-OH is 1. The number of hydrogen-bond acceptors (Lipinski definition) is 5. The Morgan fingerprint density at radius 2 is 1.66 bits per heavy atom. The number of ether oxygens (including phenoxy) is 1. The SMILES string of the molecule is CCc1ccc(S(=O)(=O)N(Cc2ccccc2)[C@@H]2c3cc(C(C)=O)ccc3OC(C)(C)[C@H]2O)cc1. The van der Waals surface area contributed by atoms with Crippen LogP contribution in [0.3, 0.4) is 0 Å². The van der Waals surface area contributed by atoms with Crippen LogP contribution in [0, 0.1) is 0 Å². The van der Waals surface area contributed by atoms with Crippen molar-refractivity contribution in [1.29, 1.82) is 0 Å². The molecule has 0 unspecified atom stereocenters. The Labute approximate surface area is 207 Å². The van der Waals surface area contributed by atoms with Crippen LogP contribution in [-0.2, 0) is 23.0 Å². The molecular formula is C28H31NO5S. The lowest BCUT2D eigenvalue weighted by Gasteiger charge is -2.45. The number of ketones is 1. The summed E-state index contributed by atoms with van der Waals surface area (Å²) < 4.78 is 35.7. The highest BCUT2D eigenvalue weighted by Crippen LogP contribution is 2.45. The van der Waals surface area contributed by atoms with Crippen LogP contribution < -0.4 is 4.74 Å². The maximum absolute atomic E-state index is 14.1. The number of carbonyl (C=O) groups excluding carboxylic acids is 1. The van der Waals surface area contributed by atoms with Crippen molar-refractivity contribution in [1.82, 2.24) is 4.31 Å². The van der Waals surface area contributed by atoms with E-state index in [9.17, 15) is 18.3 Å². The van der Waals surface area contributed by atoms with E-state index in [0.29, 0.717) is 16.9 Å². The fourth-order valence-electron chi connectivity index (χ4n) is 4.43. The summed E-state index contributed by atoms with van der Waals surface area (Å²) in [5.74, 6) is 0.295. The van der Waals surface area contributed by atoms with E-state index in [2.05, 4.69) is 0 Å². The molecule has 0 aliphatic carbocycles. The molecule has 7 heteroatoms. The van der Waals surface area contributed by atoms with E-state index >= 15 is 0 Å². The molecule has 184 valence electrons. The van der Waals surface area contributed by atoms with E-state index < -0.39 is 27.8 Å². The predicted octanol–water partition coefficient (Wildman–Crippen LogP) is 4.92. The molecule has 1 aliphatic heterocycles. The summed E-state index contributed by atoms with van der Waals surface area (Å²) in [5, 5.41) is 11.5. The minimum atomic E-state index is -4.05. The maximum Gasteiger partial charge on any atom is 0.244 e. The van der Waals surface area contributed by atoms with Crippen molar-refractivity contribution in [3.63, 3.8) is 0 Å². The van der Waals surface area contributed by atoms with Crippen LogP contribution in [-0.4, -0.2) is 35.3 Å². The van der Waals surface area contributed by atoms with Gasteiger partial charge in [0, 0.05) is 17.7 Å². The van der Waals surface area contributed by atoms with Gasteiger partial charge in [0.25, 0.3) is 0 Å². The smallest absolute Gasteiger partial charge is 0.244 e. The first-order chi connectivity index (χ1) is 16.5. The van der Waals surface area contributed by atoms with E-state index in [0.717, 1.165) is 17.5 Å². The number of sulfonamides is 1. The van der Waals surface area contributed by atoms with Crippen molar-refractivity contribution in [3.05, 3.63) is 95.1 Å². The third kappa shape index (κ3) is 4.89. The topological polar surface area (TPSA) is 83.9 Å². The summed E-state index contributed by atoms with van der Waals surface area (Å²) in [6, 6.07) is 20.1. The molecule has 35 heavy (non-hydrogen) atoms. The Balaban J connectivity index is 1.92. The first-order valence-corrected chi connectivity index (χ1v) is 13.2. The number of benzene rings is 3. The fourth-order valence-corrected chi connectivity index (χ4v) is 6.02. The van der Waals surface area contributed by atoms with Gasteiger partial charge in [-0.15, -0.1) is 0 Å². The van der Waals surface area contributed by atoms with Crippen molar-refractivity contribution in [2.24, 2.45) is 0 Å². The molecule has 0 bridgehead atoms. The molecular weight excluding hydrogens is 462 g/mol. The molecule has 2 atom stereocenters. The van der Waals surface area contributed by atoms with Crippen LogP contribution in [0.5, 0.6) is 5.75 Å². The zero-order chi connectivity index (χ0) is 25.4. The fraction of sp³-hybridized carbons (Fsp3) is 0.321. The normalized spacial score (nSPS) is 19.1. The molecule has 0 saturated carbocycles. The van der Waals surface area contributed by atoms with Gasteiger partial charge in [0.2, 0.25) is 10.0 Å². The number of Topliss-reactive ketones (excluding diaryl/α,β-unsaturated/α-hetero) is 1. The molecule has 0 radical (unpaired) electrons. The van der Waals surface area contributed by atoms with Crippen molar-refractivity contribution < 1.29 is 23.1 Å². The van der Waals surface area contributed by atoms with E-state index in [1.165, 1.54) is 11.2 Å². The Bertz CT molecular complexity index is 1320. The van der Waals surface area contributed by atoms with E-state index in [1.54, 1.807) is 56.3 Å². The molecule has 1 aliphatic rings. The molecule has 4 rings (SSSR count). The van der Waals surface area contributed by atoms with E-state index in [4.69, 9.17) is 4.74 Å². The molecule has 0 fully saturated rings. The molecule has 3 aromatic rings. The van der Waals surface area contributed by atoms with Gasteiger partial charge in [-0.3, -0.25) is 4.79 Å². The summed E-state index contributed by atoms with van der Waals surface area (Å²) in [6.45, 7) is 6.97. The lowest BCUT2D eigenvalue weighted by atomic mass is 9.85. The second-order valence-electron chi connectivity index (χ2n) is 9.44. The molecule has 3 aromatic carbocycles. The number of aliphatic hydroxyl groups is 1. The minimum Gasteiger partial charge on any atom is -0.485 e. The lowest BCUT2D eigenvalue weighted by Crippen LogP contribution is -2.54. The monoisotopic (exact) mass is 493 g/mol. The summed E-state index contributed by atoms with van der Waals surface area (Å²) in [4.78, 5) is 12.3. The third-order valence-electron chi connectivity index (χ3n) is 6.55. The Kier molecular flexibility index (Phi) is 6.86.